The third-order valence-corrected chi connectivity index (χ3v) is 2.22. The van der Waals surface area contributed by atoms with Crippen LogP contribution in [0.2, 0.25) is 0 Å². The van der Waals surface area contributed by atoms with E-state index in [4.69, 9.17) is 0 Å². The summed E-state index contributed by atoms with van der Waals surface area (Å²) in [4.78, 5) is 8.15. The summed E-state index contributed by atoms with van der Waals surface area (Å²) in [5, 5.41) is 6.87. The summed E-state index contributed by atoms with van der Waals surface area (Å²) in [5.41, 5.74) is 0. The second-order valence-corrected chi connectivity index (χ2v) is 3.68. The molecule has 6 heteroatoms. The van der Waals surface area contributed by atoms with Crippen LogP contribution in [0.5, 0.6) is 0 Å². The Kier molecular flexibility index (Phi) is 3.29. The van der Waals surface area contributed by atoms with E-state index in [0.717, 1.165) is 17.0 Å². The lowest BCUT2D eigenvalue weighted by Gasteiger charge is -2.03. The van der Waals surface area contributed by atoms with Crippen LogP contribution in [0.3, 0.4) is 0 Å². The maximum atomic E-state index is 4.62. The van der Waals surface area contributed by atoms with Gasteiger partial charge in [-0.05, 0) is 28.1 Å². The van der Waals surface area contributed by atoms with Crippen LogP contribution >= 0.6 is 15.9 Å². The molecule has 0 spiro atoms. The Labute approximate surface area is 95.0 Å². The molecule has 0 aliphatic rings. The zero-order valence-electron chi connectivity index (χ0n) is 7.85. The molecular weight excluding hydrogens is 260 g/mol. The van der Waals surface area contributed by atoms with Crippen molar-refractivity contribution >= 4 is 21.7 Å². The quantitative estimate of drug-likeness (QED) is 0.858. The van der Waals surface area contributed by atoms with E-state index in [1.165, 1.54) is 6.39 Å². The number of hydrogen-bond donors (Lipinski definition) is 1. The van der Waals surface area contributed by atoms with Crippen LogP contribution in [0.15, 0.2) is 33.7 Å². The Morgan fingerprint density at radius 3 is 3.07 bits per heavy atom. The fourth-order valence-corrected chi connectivity index (χ4v) is 1.46. The molecule has 2 aromatic heterocycles. The van der Waals surface area contributed by atoms with Gasteiger partial charge in [0, 0.05) is 13.0 Å². The van der Waals surface area contributed by atoms with E-state index in [-0.39, 0.29) is 0 Å². The van der Waals surface area contributed by atoms with E-state index in [1.54, 1.807) is 0 Å². The number of pyridine rings is 1. The van der Waals surface area contributed by atoms with Crippen LogP contribution in [0.4, 0.5) is 5.82 Å². The third-order valence-electron chi connectivity index (χ3n) is 1.78. The van der Waals surface area contributed by atoms with Crippen LogP contribution in [0.25, 0.3) is 0 Å². The van der Waals surface area contributed by atoms with Gasteiger partial charge in [0.05, 0.1) is 0 Å². The van der Waals surface area contributed by atoms with Crippen LogP contribution < -0.4 is 5.32 Å². The highest BCUT2D eigenvalue weighted by molar-refractivity contribution is 9.10. The molecule has 0 bridgehead atoms. The number of aromatic nitrogens is 3. The van der Waals surface area contributed by atoms with E-state index in [1.807, 2.05) is 18.2 Å². The lowest BCUT2D eigenvalue weighted by molar-refractivity contribution is 0.410. The topological polar surface area (TPSA) is 63.8 Å². The molecule has 0 saturated carbocycles. The van der Waals surface area contributed by atoms with Crippen molar-refractivity contribution in [2.75, 3.05) is 11.9 Å². The van der Waals surface area contributed by atoms with E-state index >= 15 is 0 Å². The van der Waals surface area contributed by atoms with Crippen molar-refractivity contribution in [1.29, 1.82) is 0 Å². The summed E-state index contributed by atoms with van der Waals surface area (Å²) in [6, 6.07) is 5.71. The maximum Gasteiger partial charge on any atom is 0.213 e. The standard InChI is InChI=1S/C9H9BrN4O/c10-7-2-1-3-8(13-7)11-5-4-9-12-6-15-14-9/h1-3,6H,4-5H2,(H,11,13). The number of hydrogen-bond acceptors (Lipinski definition) is 5. The molecule has 78 valence electrons. The molecule has 2 aromatic rings. The Balaban J connectivity index is 1.83. The SMILES string of the molecule is Brc1cccc(NCCc2ncon2)n1. The first-order chi connectivity index (χ1) is 7.34. The van der Waals surface area contributed by atoms with E-state index in [0.29, 0.717) is 12.2 Å². The monoisotopic (exact) mass is 268 g/mol. The van der Waals surface area contributed by atoms with Crippen molar-refractivity contribution in [3.8, 4) is 0 Å². The van der Waals surface area contributed by atoms with Crippen molar-refractivity contribution in [1.82, 2.24) is 15.1 Å². The summed E-state index contributed by atoms with van der Waals surface area (Å²) in [5.74, 6) is 1.52. The van der Waals surface area contributed by atoms with Crippen LogP contribution in [0.1, 0.15) is 5.82 Å². The van der Waals surface area contributed by atoms with Crippen molar-refractivity contribution in [2.24, 2.45) is 0 Å². The number of anilines is 1. The summed E-state index contributed by atoms with van der Waals surface area (Å²) < 4.78 is 5.44. The Morgan fingerprint density at radius 1 is 1.40 bits per heavy atom. The first-order valence-corrected chi connectivity index (χ1v) is 5.25. The molecule has 0 saturated heterocycles. The van der Waals surface area contributed by atoms with Gasteiger partial charge < -0.3 is 9.84 Å². The Bertz CT molecular complexity index is 418. The maximum absolute atomic E-state index is 4.62. The van der Waals surface area contributed by atoms with Gasteiger partial charge >= 0.3 is 0 Å². The first kappa shape index (κ1) is 10.1. The lowest BCUT2D eigenvalue weighted by Crippen LogP contribution is -2.07. The van der Waals surface area contributed by atoms with Crippen molar-refractivity contribution in [3.05, 3.63) is 35.0 Å². The number of nitrogens with one attached hydrogen (secondary N) is 1. The molecule has 15 heavy (non-hydrogen) atoms. The number of halogens is 1. The highest BCUT2D eigenvalue weighted by atomic mass is 79.9. The molecule has 5 nitrogen and oxygen atoms in total. The predicted octanol–water partition coefficient (Wildman–Crippen LogP) is 1.88. The normalized spacial score (nSPS) is 10.2. The van der Waals surface area contributed by atoms with Gasteiger partial charge in [-0.3, -0.25) is 0 Å². The Hall–Kier alpha value is -1.43. The van der Waals surface area contributed by atoms with Gasteiger partial charge in [-0.15, -0.1) is 0 Å². The summed E-state index contributed by atoms with van der Waals surface area (Å²) >= 11 is 3.30. The van der Waals surface area contributed by atoms with Gasteiger partial charge in [-0.1, -0.05) is 11.2 Å². The smallest absolute Gasteiger partial charge is 0.213 e. The molecule has 0 aliphatic carbocycles. The van der Waals surface area contributed by atoms with Crippen molar-refractivity contribution in [2.45, 2.75) is 6.42 Å². The zero-order valence-corrected chi connectivity index (χ0v) is 9.44. The molecule has 2 rings (SSSR count). The number of nitrogens with zero attached hydrogens (tertiary/aromatic N) is 3. The van der Waals surface area contributed by atoms with Gasteiger partial charge in [-0.2, -0.15) is 4.98 Å². The minimum absolute atomic E-state index is 0.692. The van der Waals surface area contributed by atoms with Crippen LogP contribution in [0, 0.1) is 0 Å². The summed E-state index contributed by atoms with van der Waals surface area (Å²) in [6.45, 7) is 0.725. The van der Waals surface area contributed by atoms with E-state index < -0.39 is 0 Å². The van der Waals surface area contributed by atoms with Crippen molar-refractivity contribution < 1.29 is 4.52 Å². The molecule has 0 radical (unpaired) electrons. The van der Waals surface area contributed by atoms with Crippen LogP contribution in [-0.2, 0) is 6.42 Å². The average molecular weight is 269 g/mol. The lowest BCUT2D eigenvalue weighted by atomic mass is 10.4. The molecule has 2 heterocycles. The first-order valence-electron chi connectivity index (χ1n) is 4.46. The molecule has 0 fully saturated rings. The average Bonchev–Trinajstić information content (AvgIpc) is 2.71. The highest BCUT2D eigenvalue weighted by Gasteiger charge is 1.98. The molecule has 0 unspecified atom stereocenters. The van der Waals surface area contributed by atoms with Gasteiger partial charge in [0.25, 0.3) is 0 Å². The zero-order chi connectivity index (χ0) is 10.5. The molecule has 0 aliphatic heterocycles. The molecule has 0 atom stereocenters. The fourth-order valence-electron chi connectivity index (χ4n) is 1.11. The molecular formula is C9H9BrN4O. The molecule has 0 aromatic carbocycles. The van der Waals surface area contributed by atoms with Gasteiger partial charge in [0.2, 0.25) is 6.39 Å². The van der Waals surface area contributed by atoms with E-state index in [9.17, 15) is 0 Å². The number of rotatable bonds is 4. The largest absolute Gasteiger partial charge is 0.370 e. The van der Waals surface area contributed by atoms with E-state index in [2.05, 4.69) is 40.9 Å². The minimum atomic E-state index is 0.692. The second-order valence-electron chi connectivity index (χ2n) is 2.87. The van der Waals surface area contributed by atoms with Gasteiger partial charge in [0.15, 0.2) is 5.82 Å². The summed E-state index contributed by atoms with van der Waals surface area (Å²) in [6.07, 6.45) is 2.04. The van der Waals surface area contributed by atoms with Gasteiger partial charge in [-0.25, -0.2) is 4.98 Å². The highest BCUT2D eigenvalue weighted by Crippen LogP contribution is 2.09. The van der Waals surface area contributed by atoms with Crippen molar-refractivity contribution in [3.63, 3.8) is 0 Å². The minimum Gasteiger partial charge on any atom is -0.370 e. The predicted molar refractivity (Wildman–Crippen MR) is 58.4 cm³/mol. The fraction of sp³-hybridized carbons (Fsp3) is 0.222. The Morgan fingerprint density at radius 2 is 2.33 bits per heavy atom. The van der Waals surface area contributed by atoms with Gasteiger partial charge in [0.1, 0.15) is 10.4 Å². The third kappa shape index (κ3) is 3.02. The molecule has 1 N–H and O–H groups in total. The molecule has 0 amide bonds. The second kappa shape index (κ2) is 4.88. The summed E-state index contributed by atoms with van der Waals surface area (Å²) in [7, 11) is 0. The van der Waals surface area contributed by atoms with Crippen LogP contribution in [-0.4, -0.2) is 21.7 Å².